The molecule has 0 aliphatic carbocycles. The lowest BCUT2D eigenvalue weighted by Crippen LogP contribution is -2.50. The van der Waals surface area contributed by atoms with Crippen molar-refractivity contribution in [2.45, 2.75) is 45.2 Å². The molecule has 0 saturated heterocycles. The summed E-state index contributed by atoms with van der Waals surface area (Å²) in [5, 5.41) is 4.24. The fourth-order valence-electron chi connectivity index (χ4n) is 1.61. The third-order valence-corrected chi connectivity index (χ3v) is 2.80. The van der Waals surface area contributed by atoms with Gasteiger partial charge in [-0.3, -0.25) is 9.48 Å². The second kappa shape index (κ2) is 4.65. The molecule has 0 spiro atoms. The van der Waals surface area contributed by atoms with Crippen LogP contribution in [0, 0.1) is 0 Å². The van der Waals surface area contributed by atoms with E-state index in [1.165, 1.54) is 5.56 Å². The molecule has 1 heterocycles. The van der Waals surface area contributed by atoms with Crippen LogP contribution in [-0.2, 0) is 11.2 Å². The first-order valence-electron chi connectivity index (χ1n) is 5.48. The monoisotopic (exact) mass is 224 g/mol. The Morgan fingerprint density at radius 1 is 1.69 bits per heavy atom. The van der Waals surface area contributed by atoms with Crippen LogP contribution in [0.1, 0.15) is 38.8 Å². The second-order valence-corrected chi connectivity index (χ2v) is 4.52. The van der Waals surface area contributed by atoms with Crippen LogP contribution in [0.2, 0.25) is 0 Å². The third kappa shape index (κ3) is 2.82. The molecule has 90 valence electrons. The molecule has 4 N–H and O–H groups in total. The van der Waals surface area contributed by atoms with Gasteiger partial charge in [0, 0.05) is 6.20 Å². The van der Waals surface area contributed by atoms with Gasteiger partial charge in [-0.2, -0.15) is 5.10 Å². The molecule has 16 heavy (non-hydrogen) atoms. The number of aromatic nitrogens is 2. The zero-order valence-corrected chi connectivity index (χ0v) is 10.1. The predicted octanol–water partition coefficient (Wildman–Crippen LogP) is 0.599. The highest BCUT2D eigenvalue weighted by atomic mass is 16.1. The number of carbonyl (C=O) groups is 1. The second-order valence-electron chi connectivity index (χ2n) is 4.52. The maximum atomic E-state index is 11.1. The van der Waals surface area contributed by atoms with Crippen LogP contribution in [0.3, 0.4) is 0 Å². The van der Waals surface area contributed by atoms with Gasteiger partial charge in [0.15, 0.2) is 0 Å². The minimum absolute atomic E-state index is 0.0581. The predicted molar refractivity (Wildman–Crippen MR) is 62.7 cm³/mol. The van der Waals surface area contributed by atoms with Gasteiger partial charge in [-0.25, -0.2) is 0 Å². The van der Waals surface area contributed by atoms with Gasteiger partial charge in [-0.1, -0.05) is 6.92 Å². The SMILES string of the molecule is CCc1cnn(C(C)CC(C)(N)C(N)=O)c1. The lowest BCUT2D eigenvalue weighted by atomic mass is 9.94. The molecule has 0 aliphatic rings. The molecular weight excluding hydrogens is 204 g/mol. The molecule has 0 aromatic carbocycles. The number of rotatable bonds is 5. The molecule has 2 unspecified atom stereocenters. The van der Waals surface area contributed by atoms with Crippen LogP contribution in [0.15, 0.2) is 12.4 Å². The van der Waals surface area contributed by atoms with E-state index >= 15 is 0 Å². The number of nitrogens with two attached hydrogens (primary N) is 2. The molecule has 0 saturated carbocycles. The van der Waals surface area contributed by atoms with E-state index in [1.54, 1.807) is 6.92 Å². The van der Waals surface area contributed by atoms with Crippen molar-refractivity contribution in [1.82, 2.24) is 9.78 Å². The summed E-state index contributed by atoms with van der Waals surface area (Å²) in [4.78, 5) is 11.1. The Morgan fingerprint density at radius 2 is 2.31 bits per heavy atom. The molecule has 0 radical (unpaired) electrons. The van der Waals surface area contributed by atoms with Crippen molar-refractivity contribution in [2.24, 2.45) is 11.5 Å². The number of hydrogen-bond acceptors (Lipinski definition) is 3. The molecule has 0 fully saturated rings. The molecule has 1 aromatic heterocycles. The number of nitrogens with zero attached hydrogens (tertiary/aromatic N) is 2. The maximum Gasteiger partial charge on any atom is 0.237 e. The maximum absolute atomic E-state index is 11.1. The van der Waals surface area contributed by atoms with E-state index in [2.05, 4.69) is 12.0 Å². The summed E-state index contributed by atoms with van der Waals surface area (Å²) in [7, 11) is 0. The van der Waals surface area contributed by atoms with Gasteiger partial charge in [-0.15, -0.1) is 0 Å². The van der Waals surface area contributed by atoms with E-state index in [-0.39, 0.29) is 6.04 Å². The minimum Gasteiger partial charge on any atom is -0.368 e. The molecule has 0 aliphatic heterocycles. The smallest absolute Gasteiger partial charge is 0.237 e. The third-order valence-electron chi connectivity index (χ3n) is 2.80. The molecule has 5 heteroatoms. The molecule has 0 bridgehead atoms. The van der Waals surface area contributed by atoms with Crippen LogP contribution in [-0.4, -0.2) is 21.2 Å². The highest BCUT2D eigenvalue weighted by molar-refractivity contribution is 5.83. The standard InChI is InChI=1S/C11H20N4O/c1-4-9-6-14-15(7-9)8(2)5-11(3,13)10(12)16/h6-8H,4-5,13H2,1-3H3,(H2,12,16). The lowest BCUT2D eigenvalue weighted by Gasteiger charge is -2.24. The van der Waals surface area contributed by atoms with Crippen LogP contribution >= 0.6 is 0 Å². The van der Waals surface area contributed by atoms with Crippen molar-refractivity contribution in [3.05, 3.63) is 18.0 Å². The van der Waals surface area contributed by atoms with Crippen molar-refractivity contribution < 1.29 is 4.79 Å². The Hall–Kier alpha value is -1.36. The zero-order chi connectivity index (χ0) is 12.3. The molecule has 1 rings (SSSR count). The van der Waals surface area contributed by atoms with E-state index < -0.39 is 11.4 Å². The summed E-state index contributed by atoms with van der Waals surface area (Å²) in [6.45, 7) is 5.69. The van der Waals surface area contributed by atoms with Crippen molar-refractivity contribution in [2.75, 3.05) is 0 Å². The summed E-state index contributed by atoms with van der Waals surface area (Å²) < 4.78 is 1.83. The first-order chi connectivity index (χ1) is 7.36. The van der Waals surface area contributed by atoms with E-state index in [9.17, 15) is 4.79 Å². The van der Waals surface area contributed by atoms with Gasteiger partial charge in [0.2, 0.25) is 5.91 Å². The lowest BCUT2D eigenvalue weighted by molar-refractivity contribution is -0.123. The van der Waals surface area contributed by atoms with Gasteiger partial charge in [0.25, 0.3) is 0 Å². The van der Waals surface area contributed by atoms with Crippen molar-refractivity contribution in [3.8, 4) is 0 Å². The summed E-state index contributed by atoms with van der Waals surface area (Å²) in [5.41, 5.74) is 11.2. The topological polar surface area (TPSA) is 86.9 Å². The van der Waals surface area contributed by atoms with E-state index in [0.717, 1.165) is 6.42 Å². The molecule has 2 atom stereocenters. The Kier molecular flexibility index (Phi) is 3.70. The van der Waals surface area contributed by atoms with Crippen LogP contribution < -0.4 is 11.5 Å². The fourth-order valence-corrected chi connectivity index (χ4v) is 1.61. The molecule has 1 aromatic rings. The van der Waals surface area contributed by atoms with E-state index in [0.29, 0.717) is 6.42 Å². The Bertz CT molecular complexity index is 370. The van der Waals surface area contributed by atoms with Gasteiger partial charge >= 0.3 is 0 Å². The molecular formula is C11H20N4O. The van der Waals surface area contributed by atoms with Crippen molar-refractivity contribution in [1.29, 1.82) is 0 Å². The van der Waals surface area contributed by atoms with Gasteiger partial charge in [-0.05, 0) is 32.3 Å². The molecule has 5 nitrogen and oxygen atoms in total. The zero-order valence-electron chi connectivity index (χ0n) is 10.1. The fraction of sp³-hybridized carbons (Fsp3) is 0.636. The van der Waals surface area contributed by atoms with Gasteiger partial charge < -0.3 is 11.5 Å². The largest absolute Gasteiger partial charge is 0.368 e. The highest BCUT2D eigenvalue weighted by Gasteiger charge is 2.28. The summed E-state index contributed by atoms with van der Waals surface area (Å²) in [6.07, 6.45) is 5.23. The van der Waals surface area contributed by atoms with Crippen LogP contribution in [0.25, 0.3) is 0 Å². The Balaban J connectivity index is 2.72. The van der Waals surface area contributed by atoms with Crippen molar-refractivity contribution in [3.63, 3.8) is 0 Å². The first kappa shape index (κ1) is 12.7. The number of aryl methyl sites for hydroxylation is 1. The van der Waals surface area contributed by atoms with Crippen LogP contribution in [0.5, 0.6) is 0 Å². The van der Waals surface area contributed by atoms with Crippen LogP contribution in [0.4, 0.5) is 0 Å². The summed E-state index contributed by atoms with van der Waals surface area (Å²) in [5.74, 6) is -0.484. The number of carbonyl (C=O) groups excluding carboxylic acids is 1. The average Bonchev–Trinajstić information content (AvgIpc) is 2.64. The average molecular weight is 224 g/mol. The summed E-state index contributed by atoms with van der Waals surface area (Å²) in [6, 6.07) is 0.0581. The number of amides is 1. The minimum atomic E-state index is -0.988. The quantitative estimate of drug-likeness (QED) is 0.767. The Morgan fingerprint density at radius 3 is 2.75 bits per heavy atom. The summed E-state index contributed by atoms with van der Waals surface area (Å²) >= 11 is 0. The highest BCUT2D eigenvalue weighted by Crippen LogP contribution is 2.18. The van der Waals surface area contributed by atoms with Crippen molar-refractivity contribution >= 4 is 5.91 Å². The Labute approximate surface area is 95.8 Å². The van der Waals surface area contributed by atoms with E-state index in [1.807, 2.05) is 24.0 Å². The van der Waals surface area contributed by atoms with Gasteiger partial charge in [0.05, 0.1) is 17.8 Å². The van der Waals surface area contributed by atoms with E-state index in [4.69, 9.17) is 11.5 Å². The number of hydrogen-bond donors (Lipinski definition) is 2. The first-order valence-corrected chi connectivity index (χ1v) is 5.48. The number of primary amides is 1. The molecule has 1 amide bonds. The van der Waals surface area contributed by atoms with Gasteiger partial charge in [0.1, 0.15) is 0 Å². The normalized spacial score (nSPS) is 16.8.